The first kappa shape index (κ1) is 11.4. The maximum atomic E-state index is 9.55. The molecule has 0 rings (SSSR count). The predicted octanol–water partition coefficient (Wildman–Crippen LogP) is 1.86. The summed E-state index contributed by atoms with van der Waals surface area (Å²) in [5, 5.41) is 0. The molecular weight excluding hydrogens is 159 g/mol. The first-order valence-corrected chi connectivity index (χ1v) is 6.59. The molecule has 0 aliphatic heterocycles. The van der Waals surface area contributed by atoms with E-state index in [1.165, 1.54) is 0 Å². The Bertz CT molecular complexity index is 98.7. The molecule has 0 aromatic carbocycles. The normalized spacial score (nSPS) is 14.5. The van der Waals surface area contributed by atoms with Crippen molar-refractivity contribution in [1.82, 2.24) is 0 Å². The molecule has 0 bridgehead atoms. The summed E-state index contributed by atoms with van der Waals surface area (Å²) in [6.45, 7) is 8.09. The van der Waals surface area contributed by atoms with Crippen molar-refractivity contribution in [3.8, 4) is 0 Å². The Morgan fingerprint density at radius 2 is 1.18 bits per heavy atom. The van der Waals surface area contributed by atoms with Gasteiger partial charge in [0.25, 0.3) is 0 Å². The molecule has 0 radical (unpaired) electrons. The Balaban J connectivity index is 3.79. The van der Waals surface area contributed by atoms with Crippen LogP contribution >= 0.6 is 7.72 Å². The molecule has 0 aliphatic carbocycles. The van der Waals surface area contributed by atoms with Crippen LogP contribution in [0.2, 0.25) is 0 Å². The van der Waals surface area contributed by atoms with Crippen molar-refractivity contribution in [1.29, 1.82) is 0 Å². The van der Waals surface area contributed by atoms with Crippen LogP contribution in [0.1, 0.15) is 27.7 Å². The van der Waals surface area contributed by atoms with Gasteiger partial charge in [-0.25, -0.2) is 0 Å². The average molecular weight is 180 g/mol. The van der Waals surface area contributed by atoms with Gasteiger partial charge in [-0.05, 0) is 0 Å². The quantitative estimate of drug-likeness (QED) is 0.648. The molecule has 0 spiro atoms. The predicted molar refractivity (Wildman–Crippen MR) is 52.2 cm³/mol. The fraction of sp³-hybridized carbons (Fsp3) is 1.00. The van der Waals surface area contributed by atoms with E-state index in [9.17, 15) is 9.79 Å². The maximum absolute atomic E-state index is 9.55. The van der Waals surface area contributed by atoms with Crippen molar-refractivity contribution in [3.05, 3.63) is 0 Å². The zero-order valence-corrected chi connectivity index (χ0v) is 8.96. The molecule has 0 aromatic rings. The van der Waals surface area contributed by atoms with Gasteiger partial charge in [-0.15, -0.1) is 0 Å². The standard InChI is InChI=1S/C8H21O2P/c1-7(2)5-11(9,10)6-8(3)4/h7-11H,5-6H2,1-4H3. The minimum atomic E-state index is -2.83. The molecule has 0 aromatic heterocycles. The van der Waals surface area contributed by atoms with Crippen molar-refractivity contribution >= 4 is 7.72 Å². The number of rotatable bonds is 4. The van der Waals surface area contributed by atoms with Crippen molar-refractivity contribution < 1.29 is 9.79 Å². The van der Waals surface area contributed by atoms with E-state index in [1.54, 1.807) is 0 Å². The van der Waals surface area contributed by atoms with Crippen LogP contribution in [0.15, 0.2) is 0 Å². The summed E-state index contributed by atoms with van der Waals surface area (Å²) in [6, 6.07) is 0. The molecule has 2 N–H and O–H groups in total. The number of hydrogen-bond donors (Lipinski definition) is 2. The Kier molecular flexibility index (Phi) is 4.53. The fourth-order valence-electron chi connectivity index (χ4n) is 1.39. The van der Waals surface area contributed by atoms with Crippen LogP contribution < -0.4 is 0 Å². The molecule has 0 aliphatic rings. The Labute approximate surface area is 70.1 Å². The van der Waals surface area contributed by atoms with Crippen LogP contribution in [0.4, 0.5) is 0 Å². The molecule has 0 heterocycles. The van der Waals surface area contributed by atoms with E-state index in [4.69, 9.17) is 0 Å². The molecule has 0 fully saturated rings. The summed E-state index contributed by atoms with van der Waals surface area (Å²) >= 11 is 0. The van der Waals surface area contributed by atoms with Crippen LogP contribution in [0, 0.1) is 11.8 Å². The van der Waals surface area contributed by atoms with Crippen molar-refractivity contribution in [2.45, 2.75) is 27.7 Å². The van der Waals surface area contributed by atoms with Crippen LogP contribution in [0.25, 0.3) is 0 Å². The van der Waals surface area contributed by atoms with Crippen LogP contribution in [0.5, 0.6) is 0 Å². The molecule has 0 amide bonds. The molecule has 0 atom stereocenters. The van der Waals surface area contributed by atoms with Gasteiger partial charge in [0.2, 0.25) is 0 Å². The molecule has 3 heteroatoms. The Morgan fingerprint density at radius 1 is 0.909 bits per heavy atom. The van der Waals surface area contributed by atoms with Gasteiger partial charge in [-0.3, -0.25) is 0 Å². The molecular formula is C8H21O2P. The van der Waals surface area contributed by atoms with Gasteiger partial charge in [0, 0.05) is 0 Å². The molecule has 2 nitrogen and oxygen atoms in total. The van der Waals surface area contributed by atoms with Crippen LogP contribution in [-0.2, 0) is 0 Å². The summed E-state index contributed by atoms with van der Waals surface area (Å²) in [7, 11) is -2.83. The third-order valence-corrected chi connectivity index (χ3v) is 4.41. The average Bonchev–Trinajstić information content (AvgIpc) is 1.53. The van der Waals surface area contributed by atoms with E-state index in [1.807, 2.05) is 27.7 Å². The third kappa shape index (κ3) is 6.74. The van der Waals surface area contributed by atoms with E-state index in [0.29, 0.717) is 24.2 Å². The van der Waals surface area contributed by atoms with E-state index in [2.05, 4.69) is 0 Å². The summed E-state index contributed by atoms with van der Waals surface area (Å²) in [5.41, 5.74) is 0. The van der Waals surface area contributed by atoms with E-state index in [-0.39, 0.29) is 0 Å². The zero-order chi connectivity index (χ0) is 9.07. The minimum absolute atomic E-state index is 0.399. The second-order valence-electron chi connectivity index (χ2n) is 4.18. The van der Waals surface area contributed by atoms with Gasteiger partial charge in [0.15, 0.2) is 0 Å². The fourth-order valence-corrected chi connectivity index (χ4v) is 4.17. The van der Waals surface area contributed by atoms with Crippen LogP contribution in [0.3, 0.4) is 0 Å². The SMILES string of the molecule is CC(C)C[PH](O)(O)CC(C)C. The van der Waals surface area contributed by atoms with Gasteiger partial charge >= 0.3 is 69.4 Å². The van der Waals surface area contributed by atoms with E-state index in [0.717, 1.165) is 0 Å². The van der Waals surface area contributed by atoms with Gasteiger partial charge < -0.3 is 0 Å². The summed E-state index contributed by atoms with van der Waals surface area (Å²) in [5.74, 6) is 0.797. The monoisotopic (exact) mass is 180 g/mol. The Morgan fingerprint density at radius 3 is 1.36 bits per heavy atom. The summed E-state index contributed by atoms with van der Waals surface area (Å²) in [6.07, 6.45) is 1.20. The van der Waals surface area contributed by atoms with Gasteiger partial charge in [-0.1, -0.05) is 0 Å². The topological polar surface area (TPSA) is 40.5 Å². The van der Waals surface area contributed by atoms with E-state index >= 15 is 0 Å². The number of hydrogen-bond acceptors (Lipinski definition) is 2. The first-order valence-electron chi connectivity index (χ1n) is 4.28. The Hall–Kier alpha value is 0.350. The summed E-state index contributed by atoms with van der Waals surface area (Å²) < 4.78 is 0. The zero-order valence-electron chi connectivity index (χ0n) is 7.96. The van der Waals surface area contributed by atoms with E-state index < -0.39 is 7.72 Å². The molecule has 0 saturated carbocycles. The first-order chi connectivity index (χ1) is 4.83. The second-order valence-corrected chi connectivity index (χ2v) is 6.96. The molecule has 11 heavy (non-hydrogen) atoms. The van der Waals surface area contributed by atoms with Gasteiger partial charge in [-0.2, -0.15) is 0 Å². The van der Waals surface area contributed by atoms with Crippen molar-refractivity contribution in [3.63, 3.8) is 0 Å². The van der Waals surface area contributed by atoms with Gasteiger partial charge in [0.05, 0.1) is 0 Å². The summed E-state index contributed by atoms with van der Waals surface area (Å²) in [4.78, 5) is 19.1. The third-order valence-electron chi connectivity index (χ3n) is 1.47. The van der Waals surface area contributed by atoms with Gasteiger partial charge in [0.1, 0.15) is 0 Å². The second kappa shape index (κ2) is 4.39. The van der Waals surface area contributed by atoms with Crippen molar-refractivity contribution in [2.75, 3.05) is 12.3 Å². The molecule has 70 valence electrons. The van der Waals surface area contributed by atoms with Crippen molar-refractivity contribution in [2.24, 2.45) is 11.8 Å². The molecule has 0 unspecified atom stereocenters. The van der Waals surface area contributed by atoms with Crippen LogP contribution in [-0.4, -0.2) is 22.1 Å². The molecule has 0 saturated heterocycles.